The van der Waals surface area contributed by atoms with Crippen LogP contribution < -0.4 is 5.32 Å². The fourth-order valence-corrected chi connectivity index (χ4v) is 2.63. The summed E-state index contributed by atoms with van der Waals surface area (Å²) in [5, 5.41) is 12.1. The van der Waals surface area contributed by atoms with E-state index in [4.69, 9.17) is 9.47 Å². The largest absolute Gasteiger partial charge is 0.383 e. The molecule has 0 saturated carbocycles. The van der Waals surface area contributed by atoms with Gasteiger partial charge in [0.1, 0.15) is 0 Å². The van der Waals surface area contributed by atoms with Crippen LogP contribution in [0, 0.1) is 0 Å². The number of hydrogen-bond donors (Lipinski definition) is 1. The van der Waals surface area contributed by atoms with Gasteiger partial charge in [0.2, 0.25) is 5.13 Å². The van der Waals surface area contributed by atoms with Crippen LogP contribution in [0.5, 0.6) is 0 Å². The summed E-state index contributed by atoms with van der Waals surface area (Å²) in [4.78, 5) is 0. The number of nitrogens with zero attached hydrogens (tertiary/aromatic N) is 2. The summed E-state index contributed by atoms with van der Waals surface area (Å²) in [6.45, 7) is 4.95. The van der Waals surface area contributed by atoms with Gasteiger partial charge in [-0.2, -0.15) is 0 Å². The predicted octanol–water partition coefficient (Wildman–Crippen LogP) is 1.73. The summed E-state index contributed by atoms with van der Waals surface area (Å²) in [5.74, 6) is 0.917. The second kappa shape index (κ2) is 8.74. The van der Waals surface area contributed by atoms with Gasteiger partial charge >= 0.3 is 0 Å². The third-order valence-corrected chi connectivity index (χ3v) is 3.62. The molecule has 0 fully saturated rings. The minimum absolute atomic E-state index is 0.673. The van der Waals surface area contributed by atoms with Crippen molar-refractivity contribution in [2.75, 3.05) is 44.5 Å². The minimum atomic E-state index is 0.673. The van der Waals surface area contributed by atoms with Crippen molar-refractivity contribution in [2.24, 2.45) is 0 Å². The molecule has 16 heavy (non-hydrogen) atoms. The number of anilines is 1. The van der Waals surface area contributed by atoms with Gasteiger partial charge in [0.05, 0.1) is 13.2 Å². The summed E-state index contributed by atoms with van der Waals surface area (Å²) < 4.78 is 11.2. The first-order chi connectivity index (χ1) is 7.86. The van der Waals surface area contributed by atoms with Gasteiger partial charge in [0.15, 0.2) is 4.34 Å². The fourth-order valence-electron chi connectivity index (χ4n) is 0.932. The number of aromatic nitrogens is 2. The summed E-state index contributed by atoms with van der Waals surface area (Å²) in [5.41, 5.74) is 0. The van der Waals surface area contributed by atoms with Crippen molar-refractivity contribution in [3.8, 4) is 0 Å². The van der Waals surface area contributed by atoms with E-state index in [9.17, 15) is 0 Å². The molecule has 1 aromatic heterocycles. The van der Waals surface area contributed by atoms with Crippen LogP contribution in [0.15, 0.2) is 4.34 Å². The highest BCUT2D eigenvalue weighted by atomic mass is 32.2. The van der Waals surface area contributed by atoms with Crippen molar-refractivity contribution in [2.45, 2.75) is 11.3 Å². The summed E-state index contributed by atoms with van der Waals surface area (Å²) in [7, 11) is 1.68. The Kier molecular flexibility index (Phi) is 7.48. The number of thioether (sulfide) groups is 1. The maximum atomic E-state index is 5.24. The van der Waals surface area contributed by atoms with Gasteiger partial charge in [-0.3, -0.25) is 0 Å². The monoisotopic (exact) mass is 263 g/mol. The molecule has 5 nitrogen and oxygen atoms in total. The number of rotatable bonds is 9. The summed E-state index contributed by atoms with van der Waals surface area (Å²) in [6.07, 6.45) is 0. The lowest BCUT2D eigenvalue weighted by Crippen LogP contribution is -2.06. The Labute approximate surface area is 104 Å². The molecule has 1 heterocycles. The van der Waals surface area contributed by atoms with Crippen LogP contribution in [-0.4, -0.2) is 49.4 Å². The molecule has 1 rings (SSSR count). The first-order valence-electron chi connectivity index (χ1n) is 5.13. The minimum Gasteiger partial charge on any atom is -0.383 e. The molecule has 0 aliphatic rings. The Morgan fingerprint density at radius 1 is 1.38 bits per heavy atom. The van der Waals surface area contributed by atoms with E-state index in [-0.39, 0.29) is 0 Å². The number of hydrogen-bond acceptors (Lipinski definition) is 7. The van der Waals surface area contributed by atoms with E-state index in [1.54, 1.807) is 30.2 Å². The Morgan fingerprint density at radius 3 is 3.00 bits per heavy atom. The zero-order valence-electron chi connectivity index (χ0n) is 9.56. The molecule has 0 unspecified atom stereocenters. The zero-order valence-corrected chi connectivity index (χ0v) is 11.2. The fraction of sp³-hybridized carbons (Fsp3) is 0.778. The van der Waals surface area contributed by atoms with Gasteiger partial charge in [-0.15, -0.1) is 10.2 Å². The number of nitrogens with one attached hydrogen (secondary N) is 1. The van der Waals surface area contributed by atoms with Crippen LogP contribution in [0.4, 0.5) is 5.13 Å². The lowest BCUT2D eigenvalue weighted by molar-refractivity contribution is 0.164. The molecule has 0 amide bonds. The van der Waals surface area contributed by atoms with E-state index in [1.165, 1.54) is 0 Å². The molecule has 0 saturated heterocycles. The molecular formula is C9H17N3O2S2. The van der Waals surface area contributed by atoms with Crippen molar-refractivity contribution in [1.82, 2.24) is 10.2 Å². The Bertz CT molecular complexity index is 283. The molecule has 0 spiro atoms. The van der Waals surface area contributed by atoms with E-state index in [0.29, 0.717) is 6.61 Å². The highest BCUT2D eigenvalue weighted by Crippen LogP contribution is 2.24. The maximum absolute atomic E-state index is 5.24. The molecule has 0 bridgehead atoms. The lowest BCUT2D eigenvalue weighted by atomic mass is 10.7. The quantitative estimate of drug-likeness (QED) is 0.541. The standard InChI is InChI=1S/C9H17N3O2S2/c1-3-14-6-7-15-9-12-11-8(16-9)10-4-5-13-2/h3-7H2,1-2H3,(H,10,11). The second-order valence-electron chi connectivity index (χ2n) is 2.84. The molecule has 0 aromatic carbocycles. The summed E-state index contributed by atoms with van der Waals surface area (Å²) >= 11 is 3.23. The van der Waals surface area contributed by atoms with Crippen LogP contribution in [0.3, 0.4) is 0 Å². The van der Waals surface area contributed by atoms with E-state index in [1.807, 2.05) is 6.92 Å². The van der Waals surface area contributed by atoms with E-state index < -0.39 is 0 Å². The van der Waals surface area contributed by atoms with E-state index in [2.05, 4.69) is 15.5 Å². The normalized spacial score (nSPS) is 10.6. The van der Waals surface area contributed by atoms with Gasteiger partial charge in [0.25, 0.3) is 0 Å². The average Bonchev–Trinajstić information content (AvgIpc) is 2.73. The topological polar surface area (TPSA) is 56.3 Å². The Balaban J connectivity index is 2.17. The van der Waals surface area contributed by atoms with Crippen LogP contribution >= 0.6 is 23.1 Å². The molecule has 0 aliphatic heterocycles. The molecule has 7 heteroatoms. The molecular weight excluding hydrogens is 246 g/mol. The highest BCUT2D eigenvalue weighted by molar-refractivity contribution is 8.01. The van der Waals surface area contributed by atoms with E-state index in [0.717, 1.165) is 35.0 Å². The Morgan fingerprint density at radius 2 is 2.25 bits per heavy atom. The van der Waals surface area contributed by atoms with E-state index >= 15 is 0 Å². The summed E-state index contributed by atoms with van der Waals surface area (Å²) in [6, 6.07) is 0. The molecule has 1 aromatic rings. The molecule has 0 radical (unpaired) electrons. The van der Waals surface area contributed by atoms with Crippen molar-refractivity contribution in [3.63, 3.8) is 0 Å². The number of methoxy groups -OCH3 is 1. The van der Waals surface area contributed by atoms with Crippen LogP contribution in [0.2, 0.25) is 0 Å². The predicted molar refractivity (Wildman–Crippen MR) is 67.5 cm³/mol. The molecule has 0 atom stereocenters. The first-order valence-corrected chi connectivity index (χ1v) is 6.94. The van der Waals surface area contributed by atoms with Crippen LogP contribution in [0.25, 0.3) is 0 Å². The van der Waals surface area contributed by atoms with Gasteiger partial charge < -0.3 is 14.8 Å². The van der Waals surface area contributed by atoms with Gasteiger partial charge in [0, 0.05) is 26.0 Å². The average molecular weight is 263 g/mol. The van der Waals surface area contributed by atoms with Crippen molar-refractivity contribution < 1.29 is 9.47 Å². The smallest absolute Gasteiger partial charge is 0.206 e. The maximum Gasteiger partial charge on any atom is 0.206 e. The molecule has 0 aliphatic carbocycles. The van der Waals surface area contributed by atoms with Gasteiger partial charge in [-0.05, 0) is 6.92 Å². The SMILES string of the molecule is CCOCCSc1nnc(NCCOC)s1. The first kappa shape index (κ1) is 13.7. The van der Waals surface area contributed by atoms with Crippen molar-refractivity contribution in [3.05, 3.63) is 0 Å². The third-order valence-electron chi connectivity index (χ3n) is 1.65. The highest BCUT2D eigenvalue weighted by Gasteiger charge is 2.03. The van der Waals surface area contributed by atoms with Crippen LogP contribution in [0.1, 0.15) is 6.92 Å². The molecule has 1 N–H and O–H groups in total. The van der Waals surface area contributed by atoms with Crippen molar-refractivity contribution in [1.29, 1.82) is 0 Å². The van der Waals surface area contributed by atoms with Crippen molar-refractivity contribution >= 4 is 28.2 Å². The number of ether oxygens (including phenoxy) is 2. The lowest BCUT2D eigenvalue weighted by Gasteiger charge is -1.99. The van der Waals surface area contributed by atoms with Crippen LogP contribution in [-0.2, 0) is 9.47 Å². The zero-order chi connectivity index (χ0) is 11.6. The van der Waals surface area contributed by atoms with Gasteiger partial charge in [-0.1, -0.05) is 23.1 Å². The Hall–Kier alpha value is -0.370. The second-order valence-corrected chi connectivity index (χ2v) is 5.16. The third kappa shape index (κ3) is 5.64. The molecule has 92 valence electrons. The van der Waals surface area contributed by atoms with Gasteiger partial charge in [-0.25, -0.2) is 0 Å².